The van der Waals surface area contributed by atoms with Gasteiger partial charge in [0.25, 0.3) is 0 Å². The lowest BCUT2D eigenvalue weighted by molar-refractivity contribution is 0.00578. The summed E-state index contributed by atoms with van der Waals surface area (Å²) in [6.45, 7) is 8.78. The summed E-state index contributed by atoms with van der Waals surface area (Å²) in [5.74, 6) is 0. The van der Waals surface area contributed by atoms with Gasteiger partial charge in [0.2, 0.25) is 0 Å². The van der Waals surface area contributed by atoms with Gasteiger partial charge in [0.1, 0.15) is 0 Å². The highest BCUT2D eigenvalue weighted by Gasteiger charge is 2.52. The standard InChI is InChI=1S/C15H21BO4/c1-14(2)15(3,4)20-16(19-14)12-5-6-13(18-10-12)11-7-8-17-9-11/h5,7-9,13H,6,10H2,1-4H3/t13-/m1/s1. The van der Waals surface area contributed by atoms with Crippen molar-refractivity contribution in [2.75, 3.05) is 6.61 Å². The SMILES string of the molecule is CC1(C)OB(C2=CC[C@H](c3ccoc3)OC2)OC1(C)C. The van der Waals surface area contributed by atoms with E-state index in [1.54, 1.807) is 12.5 Å². The highest BCUT2D eigenvalue weighted by Crippen LogP contribution is 2.40. The van der Waals surface area contributed by atoms with Crippen LogP contribution in [0.3, 0.4) is 0 Å². The van der Waals surface area contributed by atoms with Crippen LogP contribution in [-0.2, 0) is 14.0 Å². The van der Waals surface area contributed by atoms with Gasteiger partial charge in [-0.3, -0.25) is 0 Å². The Labute approximate surface area is 120 Å². The maximum Gasteiger partial charge on any atom is 0.492 e. The van der Waals surface area contributed by atoms with E-state index in [0.717, 1.165) is 17.5 Å². The zero-order valence-corrected chi connectivity index (χ0v) is 12.5. The molecular weight excluding hydrogens is 255 g/mol. The van der Waals surface area contributed by atoms with Crippen LogP contribution in [0.5, 0.6) is 0 Å². The molecule has 3 rings (SSSR count). The van der Waals surface area contributed by atoms with Crippen LogP contribution in [0.25, 0.3) is 0 Å². The summed E-state index contributed by atoms with van der Waals surface area (Å²) in [4.78, 5) is 0. The molecule has 1 aromatic heterocycles. The van der Waals surface area contributed by atoms with Crippen LogP contribution in [0.1, 0.15) is 45.8 Å². The van der Waals surface area contributed by atoms with Crippen LogP contribution in [0.4, 0.5) is 0 Å². The number of furan rings is 1. The molecule has 3 heterocycles. The van der Waals surface area contributed by atoms with Crippen molar-refractivity contribution in [3.8, 4) is 0 Å². The third-order valence-corrected chi connectivity index (χ3v) is 4.52. The fourth-order valence-corrected chi connectivity index (χ4v) is 2.43. The maximum absolute atomic E-state index is 6.04. The van der Waals surface area contributed by atoms with Crippen molar-refractivity contribution in [3.05, 3.63) is 35.7 Å². The van der Waals surface area contributed by atoms with Crippen molar-refractivity contribution >= 4 is 7.12 Å². The van der Waals surface area contributed by atoms with Crippen molar-refractivity contribution in [2.24, 2.45) is 0 Å². The van der Waals surface area contributed by atoms with Gasteiger partial charge in [-0.1, -0.05) is 6.08 Å². The molecule has 1 saturated heterocycles. The van der Waals surface area contributed by atoms with Gasteiger partial charge in [-0.25, -0.2) is 0 Å². The van der Waals surface area contributed by atoms with Gasteiger partial charge < -0.3 is 18.5 Å². The minimum Gasteiger partial charge on any atom is -0.472 e. The quantitative estimate of drug-likeness (QED) is 0.777. The van der Waals surface area contributed by atoms with Crippen LogP contribution in [0.15, 0.2) is 34.6 Å². The molecule has 0 saturated carbocycles. The average molecular weight is 276 g/mol. The highest BCUT2D eigenvalue weighted by atomic mass is 16.7. The molecular formula is C15H21BO4. The molecule has 20 heavy (non-hydrogen) atoms. The molecule has 2 aliphatic heterocycles. The Morgan fingerprint density at radius 3 is 2.35 bits per heavy atom. The second kappa shape index (κ2) is 4.76. The van der Waals surface area contributed by atoms with Gasteiger partial charge in [-0.05, 0) is 45.7 Å². The second-order valence-electron chi connectivity index (χ2n) is 6.46. The zero-order chi connectivity index (χ0) is 14.4. The van der Waals surface area contributed by atoms with E-state index in [4.69, 9.17) is 18.5 Å². The molecule has 0 spiro atoms. The van der Waals surface area contributed by atoms with E-state index in [2.05, 4.69) is 33.8 Å². The molecule has 5 heteroatoms. The first kappa shape index (κ1) is 13.9. The maximum atomic E-state index is 6.04. The fourth-order valence-electron chi connectivity index (χ4n) is 2.43. The molecule has 108 valence electrons. The lowest BCUT2D eigenvalue weighted by Crippen LogP contribution is -2.41. The Hall–Kier alpha value is -1.04. The van der Waals surface area contributed by atoms with E-state index in [9.17, 15) is 0 Å². The van der Waals surface area contributed by atoms with Crippen molar-refractivity contribution in [1.29, 1.82) is 0 Å². The first-order valence-electron chi connectivity index (χ1n) is 7.07. The van der Waals surface area contributed by atoms with Crippen molar-refractivity contribution in [3.63, 3.8) is 0 Å². The third-order valence-electron chi connectivity index (χ3n) is 4.52. The minimum absolute atomic E-state index is 0.0694. The molecule has 0 aromatic carbocycles. The van der Waals surface area contributed by atoms with Crippen LogP contribution in [-0.4, -0.2) is 24.9 Å². The molecule has 0 amide bonds. The first-order chi connectivity index (χ1) is 9.39. The monoisotopic (exact) mass is 276 g/mol. The Morgan fingerprint density at radius 2 is 1.85 bits per heavy atom. The van der Waals surface area contributed by atoms with Gasteiger partial charge in [0.05, 0.1) is 36.4 Å². The minimum atomic E-state index is -0.306. The zero-order valence-electron chi connectivity index (χ0n) is 12.5. The number of rotatable bonds is 2. The van der Waals surface area contributed by atoms with E-state index in [1.165, 1.54) is 0 Å². The molecule has 4 nitrogen and oxygen atoms in total. The molecule has 0 unspecified atom stereocenters. The van der Waals surface area contributed by atoms with E-state index in [1.807, 2.05) is 6.07 Å². The normalized spacial score (nSPS) is 28.5. The summed E-state index contributed by atoms with van der Waals surface area (Å²) in [6, 6.07) is 1.94. The average Bonchev–Trinajstić information content (AvgIpc) is 2.97. The van der Waals surface area contributed by atoms with E-state index in [0.29, 0.717) is 6.61 Å². The van der Waals surface area contributed by atoms with E-state index in [-0.39, 0.29) is 24.4 Å². The molecule has 0 N–H and O–H groups in total. The predicted molar refractivity (Wildman–Crippen MR) is 76.2 cm³/mol. The van der Waals surface area contributed by atoms with E-state index >= 15 is 0 Å². The topological polar surface area (TPSA) is 40.8 Å². The number of hydrogen-bond donors (Lipinski definition) is 0. The summed E-state index contributed by atoms with van der Waals surface area (Å²) in [6.07, 6.45) is 6.46. The van der Waals surface area contributed by atoms with Gasteiger partial charge in [-0.15, -0.1) is 0 Å². The Bertz CT molecular complexity index is 488. The molecule has 0 aliphatic carbocycles. The molecule has 1 fully saturated rings. The number of ether oxygens (including phenoxy) is 1. The van der Waals surface area contributed by atoms with Crippen molar-refractivity contribution < 1.29 is 18.5 Å². The summed E-state index contributed by atoms with van der Waals surface area (Å²) < 4.78 is 23.1. The first-order valence-corrected chi connectivity index (χ1v) is 7.07. The Balaban J connectivity index is 1.69. The van der Waals surface area contributed by atoms with Gasteiger partial charge in [0, 0.05) is 5.56 Å². The highest BCUT2D eigenvalue weighted by molar-refractivity contribution is 6.54. The number of hydrogen-bond acceptors (Lipinski definition) is 4. The van der Waals surface area contributed by atoms with Gasteiger partial charge in [0.15, 0.2) is 0 Å². The molecule has 0 bridgehead atoms. The Morgan fingerprint density at radius 1 is 1.15 bits per heavy atom. The molecule has 0 radical (unpaired) electrons. The van der Waals surface area contributed by atoms with Gasteiger partial charge in [-0.2, -0.15) is 0 Å². The fraction of sp³-hybridized carbons (Fsp3) is 0.600. The molecule has 2 aliphatic rings. The third kappa shape index (κ3) is 2.34. The summed E-state index contributed by atoms with van der Waals surface area (Å²) >= 11 is 0. The van der Waals surface area contributed by atoms with Crippen LogP contribution in [0, 0.1) is 0 Å². The van der Waals surface area contributed by atoms with Gasteiger partial charge >= 0.3 is 7.12 Å². The molecule has 1 atom stereocenters. The lowest BCUT2D eigenvalue weighted by atomic mass is 9.76. The Kier molecular flexibility index (Phi) is 3.31. The van der Waals surface area contributed by atoms with E-state index < -0.39 is 0 Å². The van der Waals surface area contributed by atoms with Crippen LogP contribution < -0.4 is 0 Å². The summed E-state index contributed by atoms with van der Waals surface area (Å²) in [5.41, 5.74) is 1.54. The summed E-state index contributed by atoms with van der Waals surface area (Å²) in [7, 11) is -0.301. The second-order valence-corrected chi connectivity index (χ2v) is 6.46. The van der Waals surface area contributed by atoms with Crippen LogP contribution >= 0.6 is 0 Å². The summed E-state index contributed by atoms with van der Waals surface area (Å²) in [5, 5.41) is 0. The smallest absolute Gasteiger partial charge is 0.472 e. The van der Waals surface area contributed by atoms with Crippen LogP contribution in [0.2, 0.25) is 0 Å². The van der Waals surface area contributed by atoms with Crippen molar-refractivity contribution in [2.45, 2.75) is 51.4 Å². The predicted octanol–water partition coefficient (Wildman–Crippen LogP) is 3.30. The van der Waals surface area contributed by atoms with Crippen molar-refractivity contribution in [1.82, 2.24) is 0 Å². The lowest BCUT2D eigenvalue weighted by Gasteiger charge is -2.32. The molecule has 1 aromatic rings. The largest absolute Gasteiger partial charge is 0.492 e.